The summed E-state index contributed by atoms with van der Waals surface area (Å²) in [5.41, 5.74) is 2.96. The molecule has 0 aromatic carbocycles. The number of aryl methyl sites for hydroxylation is 2. The molecule has 0 saturated carbocycles. The van der Waals surface area contributed by atoms with Gasteiger partial charge in [-0.1, -0.05) is 0 Å². The number of rotatable bonds is 2. The molecule has 5 heteroatoms. The van der Waals surface area contributed by atoms with Gasteiger partial charge < -0.3 is 4.74 Å². The largest absolute Gasteiger partial charge is 0.393 e. The van der Waals surface area contributed by atoms with Crippen LogP contribution in [0.2, 0.25) is 0 Å². The van der Waals surface area contributed by atoms with Gasteiger partial charge in [-0.3, -0.25) is 14.3 Å². The van der Waals surface area contributed by atoms with Crippen LogP contribution in [0.5, 0.6) is 0 Å². The van der Waals surface area contributed by atoms with E-state index in [1.165, 1.54) is 0 Å². The summed E-state index contributed by atoms with van der Waals surface area (Å²) < 4.78 is 6.44. The molecule has 17 heavy (non-hydrogen) atoms. The van der Waals surface area contributed by atoms with Gasteiger partial charge in [-0.05, 0) is 20.8 Å². The highest BCUT2D eigenvalue weighted by Crippen LogP contribution is 2.32. The maximum Gasteiger partial charge on any atom is 0.314 e. The summed E-state index contributed by atoms with van der Waals surface area (Å²) in [7, 11) is 0. The van der Waals surface area contributed by atoms with E-state index in [1.807, 2.05) is 25.5 Å². The van der Waals surface area contributed by atoms with Crippen LogP contribution in [0.4, 0.5) is 0 Å². The van der Waals surface area contributed by atoms with Crippen molar-refractivity contribution < 1.29 is 14.3 Å². The molecule has 0 spiro atoms. The molecule has 0 aliphatic carbocycles. The molecular weight excluding hydrogens is 220 g/mol. The van der Waals surface area contributed by atoms with Crippen LogP contribution in [0.15, 0.2) is 0 Å². The van der Waals surface area contributed by atoms with E-state index in [0.717, 1.165) is 23.5 Å². The van der Waals surface area contributed by atoms with Crippen molar-refractivity contribution in [1.29, 1.82) is 0 Å². The Bertz CT molecular complexity index is 460. The van der Waals surface area contributed by atoms with Gasteiger partial charge in [0.25, 0.3) is 0 Å². The van der Waals surface area contributed by atoms with Crippen LogP contribution in [-0.4, -0.2) is 21.7 Å². The van der Waals surface area contributed by atoms with Crippen LogP contribution < -0.4 is 0 Å². The first kappa shape index (κ1) is 11.8. The molecule has 0 unspecified atom stereocenters. The normalized spacial score (nSPS) is 17.4. The molecule has 1 aromatic heterocycles. The Kier molecular flexibility index (Phi) is 3.00. The number of carbonyl (C=O) groups excluding carboxylic acids is 2. The summed E-state index contributed by atoms with van der Waals surface area (Å²) in [6.07, 6.45) is 0.533. The Morgan fingerprint density at radius 1 is 1.29 bits per heavy atom. The van der Waals surface area contributed by atoms with Gasteiger partial charge in [0.15, 0.2) is 0 Å². The van der Waals surface area contributed by atoms with Crippen molar-refractivity contribution in [3.63, 3.8) is 0 Å². The number of hydrogen-bond donors (Lipinski definition) is 0. The highest BCUT2D eigenvalue weighted by atomic mass is 16.6. The molecule has 0 radical (unpaired) electrons. The molecular formula is C12H16N2O3. The lowest BCUT2D eigenvalue weighted by Gasteiger charge is -2.20. The van der Waals surface area contributed by atoms with Gasteiger partial charge in [0.2, 0.25) is 0 Å². The first-order valence-corrected chi connectivity index (χ1v) is 5.80. The Morgan fingerprint density at radius 3 is 2.35 bits per heavy atom. The zero-order valence-corrected chi connectivity index (χ0v) is 10.3. The third kappa shape index (κ3) is 2.09. The number of esters is 2. The zero-order chi connectivity index (χ0) is 12.6. The zero-order valence-electron chi connectivity index (χ0n) is 10.3. The average Bonchev–Trinajstić information content (AvgIpc) is 2.52. The van der Waals surface area contributed by atoms with E-state index in [9.17, 15) is 9.59 Å². The van der Waals surface area contributed by atoms with Gasteiger partial charge in [0.1, 0.15) is 0 Å². The van der Waals surface area contributed by atoms with Crippen LogP contribution in [0.1, 0.15) is 42.6 Å². The predicted octanol–water partition coefficient (Wildman–Crippen LogP) is 1.47. The Labute approximate surface area is 99.8 Å². The highest BCUT2D eigenvalue weighted by Gasteiger charge is 2.31. The van der Waals surface area contributed by atoms with E-state index in [1.54, 1.807) is 0 Å². The quantitative estimate of drug-likeness (QED) is 0.576. The Balaban J connectivity index is 2.36. The first-order valence-electron chi connectivity index (χ1n) is 5.80. The van der Waals surface area contributed by atoms with E-state index >= 15 is 0 Å². The van der Waals surface area contributed by atoms with Crippen molar-refractivity contribution in [1.82, 2.24) is 9.78 Å². The van der Waals surface area contributed by atoms with Crippen LogP contribution >= 0.6 is 0 Å². The number of cyclic esters (lactones) is 2. The van der Waals surface area contributed by atoms with Crippen molar-refractivity contribution in [2.75, 3.05) is 0 Å². The first-order chi connectivity index (χ1) is 8.02. The summed E-state index contributed by atoms with van der Waals surface area (Å²) >= 11 is 0. The number of nitrogens with zero attached hydrogens (tertiary/aromatic N) is 2. The van der Waals surface area contributed by atoms with Crippen molar-refractivity contribution in [2.45, 2.75) is 46.1 Å². The molecule has 0 amide bonds. The number of carbonyl (C=O) groups is 2. The third-order valence-corrected chi connectivity index (χ3v) is 3.20. The summed E-state index contributed by atoms with van der Waals surface area (Å²) in [6, 6.07) is 0. The minimum atomic E-state index is -0.436. The smallest absolute Gasteiger partial charge is 0.314 e. The number of aromatic nitrogens is 2. The fourth-order valence-corrected chi connectivity index (χ4v) is 2.50. The minimum absolute atomic E-state index is 0.0796. The molecule has 2 heterocycles. The third-order valence-electron chi connectivity index (χ3n) is 3.20. The van der Waals surface area contributed by atoms with E-state index < -0.39 is 11.9 Å². The van der Waals surface area contributed by atoms with Crippen molar-refractivity contribution >= 4 is 11.9 Å². The highest BCUT2D eigenvalue weighted by molar-refractivity contribution is 5.89. The van der Waals surface area contributed by atoms with Gasteiger partial charge in [0, 0.05) is 23.7 Å². The van der Waals surface area contributed by atoms with E-state index in [0.29, 0.717) is 0 Å². The molecule has 5 nitrogen and oxygen atoms in total. The molecule has 1 aliphatic rings. The van der Waals surface area contributed by atoms with Gasteiger partial charge in [0.05, 0.1) is 18.5 Å². The lowest BCUT2D eigenvalue weighted by atomic mass is 9.89. The maximum atomic E-state index is 11.3. The molecule has 1 fully saturated rings. The maximum absolute atomic E-state index is 11.3. The van der Waals surface area contributed by atoms with Crippen LogP contribution in [0.25, 0.3) is 0 Å². The van der Waals surface area contributed by atoms with Crippen LogP contribution in [0, 0.1) is 13.8 Å². The fraction of sp³-hybridized carbons (Fsp3) is 0.583. The SMILES string of the molecule is CCn1nc(C)c(C2CC(=O)OC(=O)C2)c1C. The molecule has 0 atom stereocenters. The average molecular weight is 236 g/mol. The number of hydrogen-bond acceptors (Lipinski definition) is 4. The van der Waals surface area contributed by atoms with Gasteiger partial charge in [-0.15, -0.1) is 0 Å². The van der Waals surface area contributed by atoms with Gasteiger partial charge >= 0.3 is 11.9 Å². The molecule has 2 rings (SSSR count). The lowest BCUT2D eigenvalue weighted by Crippen LogP contribution is -2.24. The molecule has 0 bridgehead atoms. The minimum Gasteiger partial charge on any atom is -0.393 e. The molecule has 92 valence electrons. The second kappa shape index (κ2) is 4.31. The predicted molar refractivity (Wildman–Crippen MR) is 60.4 cm³/mol. The van der Waals surface area contributed by atoms with E-state index in [2.05, 4.69) is 9.84 Å². The van der Waals surface area contributed by atoms with Crippen molar-refractivity contribution in [2.24, 2.45) is 0 Å². The summed E-state index contributed by atoms with van der Waals surface area (Å²) in [4.78, 5) is 22.6. The monoisotopic (exact) mass is 236 g/mol. The van der Waals surface area contributed by atoms with Crippen LogP contribution in [-0.2, 0) is 20.9 Å². The lowest BCUT2D eigenvalue weighted by molar-refractivity contribution is -0.163. The summed E-state index contributed by atoms with van der Waals surface area (Å²) in [6.45, 7) is 6.70. The van der Waals surface area contributed by atoms with Crippen molar-refractivity contribution in [3.05, 3.63) is 17.0 Å². The van der Waals surface area contributed by atoms with Crippen LogP contribution in [0.3, 0.4) is 0 Å². The fourth-order valence-electron chi connectivity index (χ4n) is 2.50. The van der Waals surface area contributed by atoms with E-state index in [-0.39, 0.29) is 18.8 Å². The van der Waals surface area contributed by atoms with Gasteiger partial charge in [-0.25, -0.2) is 0 Å². The molecule has 1 aliphatic heterocycles. The topological polar surface area (TPSA) is 61.2 Å². The van der Waals surface area contributed by atoms with Gasteiger partial charge in [-0.2, -0.15) is 5.10 Å². The molecule has 1 saturated heterocycles. The molecule has 1 aromatic rings. The van der Waals surface area contributed by atoms with Crippen molar-refractivity contribution in [3.8, 4) is 0 Å². The summed E-state index contributed by atoms with van der Waals surface area (Å²) in [5.74, 6) is -0.951. The second-order valence-electron chi connectivity index (χ2n) is 4.35. The standard InChI is InChI=1S/C12H16N2O3/c1-4-14-8(3)12(7(2)13-14)9-5-10(15)17-11(16)6-9/h9H,4-6H2,1-3H3. The second-order valence-corrected chi connectivity index (χ2v) is 4.35. The Morgan fingerprint density at radius 2 is 1.88 bits per heavy atom. The number of ether oxygens (including phenoxy) is 1. The molecule has 0 N–H and O–H groups in total. The van der Waals surface area contributed by atoms with E-state index in [4.69, 9.17) is 0 Å². The Hall–Kier alpha value is -1.65. The summed E-state index contributed by atoms with van der Waals surface area (Å²) in [5, 5.41) is 4.41.